The average molecular weight is 469 g/mol. The maximum atomic E-state index is 6.17. The number of rotatable bonds is 12. The Hall–Kier alpha value is -2.04. The summed E-state index contributed by atoms with van der Waals surface area (Å²) in [6, 6.07) is 16.8. The molecular weight excluding hydrogens is 424 g/mol. The first-order valence-electron chi connectivity index (χ1n) is 13.2. The Morgan fingerprint density at radius 1 is 0.588 bits per heavy atom. The Morgan fingerprint density at radius 3 is 1.21 bits per heavy atom. The van der Waals surface area contributed by atoms with E-state index in [1.807, 2.05) is 38.1 Å². The lowest BCUT2D eigenvalue weighted by Crippen LogP contribution is -2.33. The minimum Gasteiger partial charge on any atom is -0.465 e. The van der Waals surface area contributed by atoms with Crippen LogP contribution in [0.25, 0.3) is 0 Å². The van der Waals surface area contributed by atoms with Crippen molar-refractivity contribution in [1.29, 1.82) is 0 Å². The van der Waals surface area contributed by atoms with Gasteiger partial charge in [-0.15, -0.1) is 0 Å². The molecule has 0 aliphatic heterocycles. The fraction of sp³-hybridized carbons (Fsp3) is 0.600. The largest absolute Gasteiger partial charge is 0.465 e. The van der Waals surface area contributed by atoms with Crippen LogP contribution < -0.4 is 9.47 Å². The molecule has 188 valence electrons. The van der Waals surface area contributed by atoms with Crippen LogP contribution in [0.5, 0.6) is 11.5 Å². The van der Waals surface area contributed by atoms with E-state index in [2.05, 4.69) is 52.0 Å². The molecule has 0 radical (unpaired) electrons. The summed E-state index contributed by atoms with van der Waals surface area (Å²) in [6.07, 6.45) is 6.06. The SMILES string of the molecule is CCC(C)c1ccc(OC(C)OC2CCC(OC(C)Oc3ccc(C(C)CC)cc3)CC2)cc1. The maximum Gasteiger partial charge on any atom is 0.197 e. The molecule has 0 spiro atoms. The molecule has 0 N–H and O–H groups in total. The van der Waals surface area contributed by atoms with Gasteiger partial charge in [0, 0.05) is 0 Å². The average Bonchev–Trinajstić information content (AvgIpc) is 2.85. The predicted molar refractivity (Wildman–Crippen MR) is 139 cm³/mol. The lowest BCUT2D eigenvalue weighted by molar-refractivity contribution is -0.152. The van der Waals surface area contributed by atoms with Crippen molar-refractivity contribution in [2.75, 3.05) is 0 Å². The van der Waals surface area contributed by atoms with Crippen LogP contribution in [-0.2, 0) is 9.47 Å². The normalized spacial score (nSPS) is 21.9. The van der Waals surface area contributed by atoms with Gasteiger partial charge >= 0.3 is 0 Å². The molecule has 1 aliphatic carbocycles. The quantitative estimate of drug-likeness (QED) is 0.294. The third-order valence-corrected chi connectivity index (χ3v) is 7.12. The first-order chi connectivity index (χ1) is 16.4. The fourth-order valence-electron chi connectivity index (χ4n) is 4.51. The van der Waals surface area contributed by atoms with Crippen molar-refractivity contribution in [2.24, 2.45) is 0 Å². The molecule has 0 amide bonds. The van der Waals surface area contributed by atoms with Crippen molar-refractivity contribution < 1.29 is 18.9 Å². The highest BCUT2D eigenvalue weighted by Crippen LogP contribution is 2.28. The summed E-state index contributed by atoms with van der Waals surface area (Å²) < 4.78 is 24.3. The maximum absolute atomic E-state index is 6.17. The minimum absolute atomic E-state index is 0.207. The van der Waals surface area contributed by atoms with E-state index in [-0.39, 0.29) is 24.8 Å². The van der Waals surface area contributed by atoms with E-state index in [9.17, 15) is 0 Å². The summed E-state index contributed by atoms with van der Waals surface area (Å²) >= 11 is 0. The molecule has 0 saturated heterocycles. The molecule has 4 unspecified atom stereocenters. The van der Waals surface area contributed by atoms with Crippen LogP contribution in [0.1, 0.15) is 103 Å². The van der Waals surface area contributed by atoms with Gasteiger partial charge in [0.25, 0.3) is 0 Å². The second kappa shape index (κ2) is 13.2. The lowest BCUT2D eigenvalue weighted by Gasteiger charge is -2.32. The van der Waals surface area contributed by atoms with Gasteiger partial charge in [-0.2, -0.15) is 0 Å². The molecule has 0 bridgehead atoms. The van der Waals surface area contributed by atoms with Gasteiger partial charge in [-0.1, -0.05) is 52.0 Å². The van der Waals surface area contributed by atoms with Gasteiger partial charge in [-0.25, -0.2) is 0 Å². The molecule has 1 fully saturated rings. The van der Waals surface area contributed by atoms with E-state index in [1.165, 1.54) is 11.1 Å². The third-order valence-electron chi connectivity index (χ3n) is 7.12. The second-order valence-electron chi connectivity index (χ2n) is 9.80. The van der Waals surface area contributed by atoms with Crippen LogP contribution in [-0.4, -0.2) is 24.8 Å². The van der Waals surface area contributed by atoms with Gasteiger partial charge in [0.1, 0.15) is 11.5 Å². The van der Waals surface area contributed by atoms with Crippen LogP contribution >= 0.6 is 0 Å². The van der Waals surface area contributed by atoms with Crippen LogP contribution in [0.3, 0.4) is 0 Å². The van der Waals surface area contributed by atoms with Crippen molar-refractivity contribution in [2.45, 2.75) is 117 Å². The molecule has 0 heterocycles. The monoisotopic (exact) mass is 468 g/mol. The van der Waals surface area contributed by atoms with Crippen LogP contribution in [0, 0.1) is 0 Å². The van der Waals surface area contributed by atoms with Crippen molar-refractivity contribution in [3.05, 3.63) is 59.7 Å². The van der Waals surface area contributed by atoms with Gasteiger partial charge in [0.2, 0.25) is 0 Å². The summed E-state index contributed by atoms with van der Waals surface area (Å²) in [6.45, 7) is 12.9. The Kier molecular flexibility index (Phi) is 10.3. The molecule has 34 heavy (non-hydrogen) atoms. The van der Waals surface area contributed by atoms with Crippen LogP contribution in [0.2, 0.25) is 0 Å². The van der Waals surface area contributed by atoms with E-state index in [1.54, 1.807) is 0 Å². The molecule has 4 heteroatoms. The summed E-state index contributed by atoms with van der Waals surface area (Å²) in [5.74, 6) is 2.87. The van der Waals surface area contributed by atoms with Gasteiger partial charge < -0.3 is 18.9 Å². The van der Waals surface area contributed by atoms with E-state index in [0.29, 0.717) is 11.8 Å². The number of ether oxygens (including phenoxy) is 4. The van der Waals surface area contributed by atoms with Crippen molar-refractivity contribution >= 4 is 0 Å². The highest BCUT2D eigenvalue weighted by atomic mass is 16.7. The number of hydrogen-bond acceptors (Lipinski definition) is 4. The molecule has 3 rings (SSSR count). The molecular formula is C30H44O4. The molecule has 1 aliphatic rings. The molecule has 4 nitrogen and oxygen atoms in total. The summed E-state index contributed by atoms with van der Waals surface area (Å²) in [5, 5.41) is 0. The Labute approximate surface area is 207 Å². The van der Waals surface area contributed by atoms with Gasteiger partial charge in [-0.05, 0) is 99.6 Å². The van der Waals surface area contributed by atoms with Gasteiger partial charge in [0.15, 0.2) is 12.6 Å². The van der Waals surface area contributed by atoms with Crippen LogP contribution in [0.4, 0.5) is 0 Å². The minimum atomic E-state index is -0.266. The van der Waals surface area contributed by atoms with Gasteiger partial charge in [-0.3, -0.25) is 0 Å². The van der Waals surface area contributed by atoms with Gasteiger partial charge in [0.05, 0.1) is 12.2 Å². The second-order valence-corrected chi connectivity index (χ2v) is 9.80. The van der Waals surface area contributed by atoms with Crippen molar-refractivity contribution in [3.8, 4) is 11.5 Å². The zero-order valence-electron chi connectivity index (χ0n) is 22.0. The van der Waals surface area contributed by atoms with E-state index in [0.717, 1.165) is 50.0 Å². The van der Waals surface area contributed by atoms with Crippen molar-refractivity contribution in [3.63, 3.8) is 0 Å². The standard InChI is InChI=1S/C30H44O4/c1-7-21(3)25-9-13-27(14-10-25)31-23(5)33-29-17-19-30(20-18-29)34-24(6)32-28-15-11-26(12-16-28)22(4)8-2/h9-16,21-24,29-30H,7-8,17-20H2,1-6H3. The molecule has 1 saturated carbocycles. The molecule has 0 aromatic heterocycles. The molecule has 4 atom stereocenters. The number of benzene rings is 2. The summed E-state index contributed by atoms with van der Waals surface area (Å²) in [5.41, 5.74) is 2.70. The molecule has 2 aromatic carbocycles. The smallest absolute Gasteiger partial charge is 0.197 e. The Morgan fingerprint density at radius 2 is 0.912 bits per heavy atom. The van der Waals surface area contributed by atoms with Crippen LogP contribution in [0.15, 0.2) is 48.5 Å². The molecule has 2 aromatic rings. The zero-order chi connectivity index (χ0) is 24.5. The first-order valence-corrected chi connectivity index (χ1v) is 13.2. The Bertz CT molecular complexity index is 752. The number of hydrogen-bond donors (Lipinski definition) is 0. The third kappa shape index (κ3) is 8.02. The van der Waals surface area contributed by atoms with Crippen molar-refractivity contribution in [1.82, 2.24) is 0 Å². The summed E-state index contributed by atoms with van der Waals surface area (Å²) in [4.78, 5) is 0. The van der Waals surface area contributed by atoms with E-state index in [4.69, 9.17) is 18.9 Å². The highest BCUT2D eigenvalue weighted by Gasteiger charge is 2.25. The fourth-order valence-corrected chi connectivity index (χ4v) is 4.51. The highest BCUT2D eigenvalue weighted by molar-refractivity contribution is 5.30. The first kappa shape index (κ1) is 26.6. The Balaban J connectivity index is 1.36. The van der Waals surface area contributed by atoms with E-state index >= 15 is 0 Å². The predicted octanol–water partition coefficient (Wildman–Crippen LogP) is 8.21. The topological polar surface area (TPSA) is 36.9 Å². The van der Waals surface area contributed by atoms with E-state index < -0.39 is 0 Å². The lowest BCUT2D eigenvalue weighted by atomic mass is 9.95. The zero-order valence-corrected chi connectivity index (χ0v) is 22.0. The summed E-state index contributed by atoms with van der Waals surface area (Å²) in [7, 11) is 0.